The second-order valence-corrected chi connectivity index (χ2v) is 7.40. The standard InChI is InChI=1S/C17H18N2O3S/c20-16(13-18-23(21,22)15-9-5-2-6-10-15)19-17(11-12-17)14-7-3-1-4-8-14/h1-10,18H,11-13H2,(H,19,20). The second kappa shape index (κ2) is 6.14. The SMILES string of the molecule is O=C(CNS(=O)(=O)c1ccccc1)NC1(c2ccccc2)CC1. The number of carbonyl (C=O) groups is 1. The largest absolute Gasteiger partial charge is 0.345 e. The molecule has 1 aliphatic rings. The number of hydrogen-bond acceptors (Lipinski definition) is 3. The maximum Gasteiger partial charge on any atom is 0.241 e. The molecule has 0 bridgehead atoms. The summed E-state index contributed by atoms with van der Waals surface area (Å²) in [7, 11) is -3.67. The van der Waals surface area contributed by atoms with Crippen LogP contribution < -0.4 is 10.0 Å². The number of amides is 1. The van der Waals surface area contributed by atoms with Gasteiger partial charge in [0.1, 0.15) is 0 Å². The minimum atomic E-state index is -3.67. The average Bonchev–Trinajstić information content (AvgIpc) is 3.35. The van der Waals surface area contributed by atoms with Crippen molar-refractivity contribution in [2.75, 3.05) is 6.54 Å². The molecule has 23 heavy (non-hydrogen) atoms. The van der Waals surface area contributed by atoms with E-state index in [2.05, 4.69) is 10.0 Å². The molecule has 2 aromatic carbocycles. The Morgan fingerprint density at radius 2 is 1.52 bits per heavy atom. The summed E-state index contributed by atoms with van der Waals surface area (Å²) in [6, 6.07) is 17.7. The first kappa shape index (κ1) is 15.7. The maximum atomic E-state index is 12.1. The summed E-state index contributed by atoms with van der Waals surface area (Å²) in [4.78, 5) is 12.3. The molecule has 0 saturated heterocycles. The predicted octanol–water partition coefficient (Wildman–Crippen LogP) is 1.77. The predicted molar refractivity (Wildman–Crippen MR) is 87.1 cm³/mol. The van der Waals surface area contributed by atoms with Crippen LogP contribution >= 0.6 is 0 Å². The molecule has 1 fully saturated rings. The quantitative estimate of drug-likeness (QED) is 0.847. The van der Waals surface area contributed by atoms with Crippen LogP contribution in [0.3, 0.4) is 0 Å². The van der Waals surface area contributed by atoms with E-state index in [1.165, 1.54) is 12.1 Å². The van der Waals surface area contributed by atoms with Gasteiger partial charge in [0.15, 0.2) is 0 Å². The molecule has 0 spiro atoms. The van der Waals surface area contributed by atoms with Crippen LogP contribution in [0.15, 0.2) is 65.6 Å². The van der Waals surface area contributed by atoms with Crippen LogP contribution in [0, 0.1) is 0 Å². The zero-order valence-corrected chi connectivity index (χ0v) is 13.3. The lowest BCUT2D eigenvalue weighted by Gasteiger charge is -2.18. The Hall–Kier alpha value is -2.18. The topological polar surface area (TPSA) is 75.3 Å². The Kier molecular flexibility index (Phi) is 4.19. The lowest BCUT2D eigenvalue weighted by Crippen LogP contribution is -2.42. The molecular weight excluding hydrogens is 312 g/mol. The molecule has 0 unspecified atom stereocenters. The fourth-order valence-corrected chi connectivity index (χ4v) is 3.53. The van der Waals surface area contributed by atoms with Crippen LogP contribution in [0.1, 0.15) is 18.4 Å². The van der Waals surface area contributed by atoms with Crippen molar-refractivity contribution in [1.29, 1.82) is 0 Å². The van der Waals surface area contributed by atoms with Gasteiger partial charge in [0, 0.05) is 0 Å². The minimum absolute atomic E-state index is 0.150. The minimum Gasteiger partial charge on any atom is -0.345 e. The van der Waals surface area contributed by atoms with E-state index in [9.17, 15) is 13.2 Å². The van der Waals surface area contributed by atoms with E-state index in [1.54, 1.807) is 18.2 Å². The molecular formula is C17H18N2O3S. The zero-order chi connectivity index (χ0) is 16.3. The third-order valence-electron chi connectivity index (χ3n) is 3.93. The van der Waals surface area contributed by atoms with E-state index in [-0.39, 0.29) is 22.9 Å². The van der Waals surface area contributed by atoms with E-state index in [4.69, 9.17) is 0 Å². The van der Waals surface area contributed by atoms with Gasteiger partial charge in [-0.1, -0.05) is 48.5 Å². The van der Waals surface area contributed by atoms with E-state index >= 15 is 0 Å². The first-order valence-electron chi connectivity index (χ1n) is 7.43. The van der Waals surface area contributed by atoms with Crippen molar-refractivity contribution < 1.29 is 13.2 Å². The molecule has 0 aliphatic heterocycles. The molecule has 3 rings (SSSR count). The van der Waals surface area contributed by atoms with Gasteiger partial charge in [0.25, 0.3) is 0 Å². The van der Waals surface area contributed by atoms with Crippen LogP contribution in [0.4, 0.5) is 0 Å². The lowest BCUT2D eigenvalue weighted by molar-refractivity contribution is -0.121. The van der Waals surface area contributed by atoms with Gasteiger partial charge in [-0.2, -0.15) is 0 Å². The fourth-order valence-electron chi connectivity index (χ4n) is 2.52. The summed E-state index contributed by atoms with van der Waals surface area (Å²) in [6.45, 7) is -0.272. The van der Waals surface area contributed by atoms with Gasteiger partial charge in [-0.05, 0) is 30.5 Å². The molecule has 0 radical (unpaired) electrons. The Morgan fingerprint density at radius 1 is 0.957 bits per heavy atom. The van der Waals surface area contributed by atoms with Crippen molar-refractivity contribution in [2.24, 2.45) is 0 Å². The zero-order valence-electron chi connectivity index (χ0n) is 12.5. The number of benzene rings is 2. The highest BCUT2D eigenvalue weighted by atomic mass is 32.2. The number of carbonyl (C=O) groups excluding carboxylic acids is 1. The smallest absolute Gasteiger partial charge is 0.241 e. The summed E-state index contributed by atoms with van der Waals surface area (Å²) in [5, 5.41) is 2.94. The maximum absolute atomic E-state index is 12.1. The van der Waals surface area contributed by atoms with Gasteiger partial charge in [-0.25, -0.2) is 13.1 Å². The molecule has 1 aliphatic carbocycles. The highest BCUT2D eigenvalue weighted by Crippen LogP contribution is 2.45. The van der Waals surface area contributed by atoms with Gasteiger partial charge in [0.2, 0.25) is 15.9 Å². The molecule has 0 heterocycles. The van der Waals surface area contributed by atoms with Crippen molar-refractivity contribution in [3.63, 3.8) is 0 Å². The van der Waals surface area contributed by atoms with E-state index in [0.717, 1.165) is 18.4 Å². The highest BCUT2D eigenvalue weighted by Gasteiger charge is 2.45. The first-order chi connectivity index (χ1) is 11.0. The molecule has 1 amide bonds. The van der Waals surface area contributed by atoms with Crippen molar-refractivity contribution in [3.8, 4) is 0 Å². The fraction of sp³-hybridized carbons (Fsp3) is 0.235. The number of hydrogen-bond donors (Lipinski definition) is 2. The summed E-state index contributed by atoms with van der Waals surface area (Å²) in [6.07, 6.45) is 1.74. The Bertz CT molecular complexity index is 785. The van der Waals surface area contributed by atoms with Crippen molar-refractivity contribution in [2.45, 2.75) is 23.3 Å². The monoisotopic (exact) mass is 330 g/mol. The molecule has 1 saturated carbocycles. The molecule has 120 valence electrons. The summed E-state index contributed by atoms with van der Waals surface area (Å²) >= 11 is 0. The lowest BCUT2D eigenvalue weighted by atomic mass is 10.1. The molecule has 6 heteroatoms. The number of nitrogens with one attached hydrogen (secondary N) is 2. The Balaban J connectivity index is 1.61. The van der Waals surface area contributed by atoms with Crippen molar-refractivity contribution in [3.05, 3.63) is 66.2 Å². The average molecular weight is 330 g/mol. The third-order valence-corrected chi connectivity index (χ3v) is 5.35. The molecule has 0 atom stereocenters. The van der Waals surface area contributed by atoms with E-state index in [0.29, 0.717) is 0 Å². The summed E-state index contributed by atoms with van der Waals surface area (Å²) < 4.78 is 26.5. The Morgan fingerprint density at radius 3 is 2.09 bits per heavy atom. The van der Waals surface area contributed by atoms with Gasteiger partial charge < -0.3 is 5.32 Å². The van der Waals surface area contributed by atoms with Crippen LogP contribution in [-0.2, 0) is 20.4 Å². The highest BCUT2D eigenvalue weighted by molar-refractivity contribution is 7.89. The van der Waals surface area contributed by atoms with Crippen molar-refractivity contribution >= 4 is 15.9 Å². The van der Waals surface area contributed by atoms with Gasteiger partial charge in [0.05, 0.1) is 17.0 Å². The van der Waals surface area contributed by atoms with Crippen molar-refractivity contribution in [1.82, 2.24) is 10.0 Å². The first-order valence-corrected chi connectivity index (χ1v) is 8.91. The molecule has 2 aromatic rings. The number of rotatable bonds is 6. The van der Waals surface area contributed by atoms with Gasteiger partial charge in [-0.15, -0.1) is 0 Å². The summed E-state index contributed by atoms with van der Waals surface area (Å²) in [5.74, 6) is -0.328. The van der Waals surface area contributed by atoms with Crippen LogP contribution in [0.5, 0.6) is 0 Å². The Labute approximate surface area is 135 Å². The molecule has 2 N–H and O–H groups in total. The van der Waals surface area contributed by atoms with Crippen LogP contribution in [-0.4, -0.2) is 20.9 Å². The normalized spacial score (nSPS) is 15.8. The molecule has 5 nitrogen and oxygen atoms in total. The van der Waals surface area contributed by atoms with Gasteiger partial charge >= 0.3 is 0 Å². The third kappa shape index (κ3) is 3.60. The second-order valence-electron chi connectivity index (χ2n) is 5.63. The van der Waals surface area contributed by atoms with Crippen LogP contribution in [0.25, 0.3) is 0 Å². The van der Waals surface area contributed by atoms with Gasteiger partial charge in [-0.3, -0.25) is 4.79 Å². The summed E-state index contributed by atoms with van der Waals surface area (Å²) in [5.41, 5.74) is 0.718. The number of sulfonamides is 1. The molecule has 0 aromatic heterocycles. The van der Waals surface area contributed by atoms with Crippen LogP contribution in [0.2, 0.25) is 0 Å². The van der Waals surface area contributed by atoms with E-state index < -0.39 is 10.0 Å². The van der Waals surface area contributed by atoms with E-state index in [1.807, 2.05) is 30.3 Å².